The summed E-state index contributed by atoms with van der Waals surface area (Å²) in [5.74, 6) is 0.714. The lowest BCUT2D eigenvalue weighted by molar-refractivity contribution is 0.340. The zero-order valence-electron chi connectivity index (χ0n) is 18.4. The van der Waals surface area contributed by atoms with Gasteiger partial charge >= 0.3 is 0 Å². The van der Waals surface area contributed by atoms with Gasteiger partial charge in [-0.3, -0.25) is 0 Å². The number of rotatable bonds is 6. The van der Waals surface area contributed by atoms with Crippen LogP contribution in [-0.4, -0.2) is 30.1 Å². The van der Waals surface area contributed by atoms with Crippen LogP contribution in [-0.2, 0) is 10.0 Å². The molecule has 0 radical (unpaired) electrons. The summed E-state index contributed by atoms with van der Waals surface area (Å²) >= 11 is 6.62. The van der Waals surface area contributed by atoms with Crippen molar-refractivity contribution >= 4 is 38.2 Å². The number of nitrogens with zero attached hydrogens (tertiary/aromatic N) is 3. The lowest BCUT2D eigenvalue weighted by Crippen LogP contribution is -2.27. The smallest absolute Gasteiger partial charge is 0.279 e. The first-order chi connectivity index (χ1) is 16.5. The molecule has 6 nitrogen and oxygen atoms in total. The third-order valence-electron chi connectivity index (χ3n) is 5.70. The van der Waals surface area contributed by atoms with E-state index in [1.54, 1.807) is 30.3 Å². The van der Waals surface area contributed by atoms with E-state index in [0.29, 0.717) is 35.6 Å². The largest absolute Gasteiger partial charge is 0.494 e. The van der Waals surface area contributed by atoms with Crippen LogP contribution in [0.3, 0.4) is 0 Å². The zero-order valence-corrected chi connectivity index (χ0v) is 20.0. The van der Waals surface area contributed by atoms with E-state index in [2.05, 4.69) is 10.1 Å². The molecule has 172 valence electrons. The molecular weight excluding hydrogens is 470 g/mol. The van der Waals surface area contributed by atoms with Crippen LogP contribution in [0, 0.1) is 0 Å². The van der Waals surface area contributed by atoms with Crippen LogP contribution in [0.25, 0.3) is 10.9 Å². The number of fused-ring (bicyclic) bond motifs is 1. The number of hydrogen-bond donors (Lipinski definition) is 0. The van der Waals surface area contributed by atoms with Gasteiger partial charge in [0.1, 0.15) is 10.9 Å². The number of hydrogen-bond acceptors (Lipinski definition) is 5. The van der Waals surface area contributed by atoms with Crippen LogP contribution in [0.5, 0.6) is 5.75 Å². The van der Waals surface area contributed by atoms with Gasteiger partial charge in [-0.15, -0.1) is 0 Å². The van der Waals surface area contributed by atoms with Gasteiger partial charge in [0.25, 0.3) is 10.0 Å². The lowest BCUT2D eigenvalue weighted by atomic mass is 9.99. The van der Waals surface area contributed by atoms with E-state index in [0.717, 1.165) is 10.9 Å². The monoisotopic (exact) mass is 491 g/mol. The van der Waals surface area contributed by atoms with Crippen LogP contribution in [0.2, 0.25) is 5.15 Å². The molecule has 4 aromatic rings. The Balaban J connectivity index is 1.64. The standard InChI is InChI=1S/C26H22ClN3O3S/c1-2-33-20-13-14-23-19(15-20)16-22(26(27)28-23)25-17-24(18-9-5-3-6-10-18)29-30(25)34(31,32)21-11-7-4-8-12-21/h3-16,25H,2,17H2,1H3/t25-/m0/s1. The molecular formula is C26H22ClN3O3S. The Hall–Kier alpha value is -3.42. The minimum Gasteiger partial charge on any atom is -0.494 e. The Morgan fingerprint density at radius 2 is 1.71 bits per heavy atom. The fourth-order valence-electron chi connectivity index (χ4n) is 4.09. The first-order valence-electron chi connectivity index (χ1n) is 10.9. The minimum atomic E-state index is -3.93. The van der Waals surface area contributed by atoms with Crippen molar-refractivity contribution in [3.63, 3.8) is 0 Å². The van der Waals surface area contributed by atoms with Gasteiger partial charge in [-0.2, -0.15) is 17.9 Å². The highest BCUT2D eigenvalue weighted by Gasteiger charge is 2.39. The molecule has 0 unspecified atom stereocenters. The molecule has 0 saturated carbocycles. The SMILES string of the molecule is CCOc1ccc2nc(Cl)c([C@@H]3CC(c4ccccc4)=NN3S(=O)(=O)c3ccccc3)cc2c1. The molecule has 0 amide bonds. The van der Waals surface area contributed by atoms with Crippen molar-refractivity contribution in [2.24, 2.45) is 5.10 Å². The van der Waals surface area contributed by atoms with Crippen molar-refractivity contribution in [2.45, 2.75) is 24.3 Å². The molecule has 0 bridgehead atoms. The molecule has 0 aliphatic carbocycles. The van der Waals surface area contributed by atoms with Crippen molar-refractivity contribution in [1.82, 2.24) is 9.40 Å². The highest BCUT2D eigenvalue weighted by atomic mass is 35.5. The molecule has 0 spiro atoms. The number of aromatic nitrogens is 1. The van der Waals surface area contributed by atoms with E-state index in [4.69, 9.17) is 16.3 Å². The van der Waals surface area contributed by atoms with Gasteiger partial charge in [-0.05, 0) is 48.9 Å². The molecule has 2 heterocycles. The topological polar surface area (TPSA) is 71.9 Å². The molecule has 1 aliphatic rings. The highest BCUT2D eigenvalue weighted by Crippen LogP contribution is 2.40. The highest BCUT2D eigenvalue weighted by molar-refractivity contribution is 7.89. The van der Waals surface area contributed by atoms with Gasteiger partial charge in [0, 0.05) is 17.4 Å². The third kappa shape index (κ3) is 4.13. The van der Waals surface area contributed by atoms with E-state index >= 15 is 0 Å². The zero-order chi connectivity index (χ0) is 23.7. The molecule has 1 aromatic heterocycles. The molecule has 8 heteroatoms. The van der Waals surface area contributed by atoms with E-state index < -0.39 is 16.1 Å². The van der Waals surface area contributed by atoms with Crippen LogP contribution in [0.4, 0.5) is 0 Å². The minimum absolute atomic E-state index is 0.168. The Bertz CT molecular complexity index is 1480. The van der Waals surface area contributed by atoms with Gasteiger partial charge in [0.2, 0.25) is 0 Å². The second-order valence-corrected chi connectivity index (χ2v) is 10.0. The maximum atomic E-state index is 13.6. The predicted octanol–water partition coefficient (Wildman–Crippen LogP) is 5.83. The Kier molecular flexibility index (Phi) is 5.98. The number of ether oxygens (including phenoxy) is 1. The van der Waals surface area contributed by atoms with Crippen LogP contribution < -0.4 is 4.74 Å². The summed E-state index contributed by atoms with van der Waals surface area (Å²) in [4.78, 5) is 4.71. The van der Waals surface area contributed by atoms with Crippen LogP contribution >= 0.6 is 11.6 Å². The summed E-state index contributed by atoms with van der Waals surface area (Å²) in [6, 6.07) is 24.7. The van der Waals surface area contributed by atoms with Gasteiger partial charge in [0.05, 0.1) is 28.8 Å². The van der Waals surface area contributed by atoms with Crippen LogP contribution in [0.15, 0.2) is 94.9 Å². The maximum absolute atomic E-state index is 13.6. The lowest BCUT2D eigenvalue weighted by Gasteiger charge is -2.24. The molecule has 3 aromatic carbocycles. The third-order valence-corrected chi connectivity index (χ3v) is 7.70. The quantitative estimate of drug-likeness (QED) is 0.318. The van der Waals surface area contributed by atoms with Gasteiger partial charge < -0.3 is 4.74 Å². The molecule has 1 aliphatic heterocycles. The molecule has 0 saturated heterocycles. The van der Waals surface area contributed by atoms with Gasteiger partial charge in [-0.1, -0.05) is 60.1 Å². The average Bonchev–Trinajstić information content (AvgIpc) is 3.31. The number of benzene rings is 3. The molecule has 0 fully saturated rings. The summed E-state index contributed by atoms with van der Waals surface area (Å²) in [7, 11) is -3.93. The number of pyridine rings is 1. The van der Waals surface area contributed by atoms with Crippen molar-refractivity contribution < 1.29 is 13.2 Å². The average molecular weight is 492 g/mol. The summed E-state index contributed by atoms with van der Waals surface area (Å²) in [6.07, 6.45) is 0.369. The predicted molar refractivity (Wildman–Crippen MR) is 134 cm³/mol. The molecule has 5 rings (SSSR count). The second-order valence-electron chi connectivity index (χ2n) is 7.88. The molecule has 1 atom stereocenters. The Morgan fingerprint density at radius 3 is 2.41 bits per heavy atom. The van der Waals surface area contributed by atoms with Crippen molar-refractivity contribution in [3.05, 3.63) is 101 Å². The van der Waals surface area contributed by atoms with Crippen LogP contribution in [0.1, 0.15) is 30.5 Å². The number of halogens is 1. The van der Waals surface area contributed by atoms with E-state index in [9.17, 15) is 8.42 Å². The molecule has 34 heavy (non-hydrogen) atoms. The maximum Gasteiger partial charge on any atom is 0.279 e. The van der Waals surface area contributed by atoms with E-state index in [1.165, 1.54) is 4.41 Å². The number of hydrazone groups is 1. The normalized spacial score (nSPS) is 16.0. The van der Waals surface area contributed by atoms with Gasteiger partial charge in [-0.25, -0.2) is 4.98 Å². The van der Waals surface area contributed by atoms with Crippen molar-refractivity contribution in [1.29, 1.82) is 0 Å². The fourth-order valence-corrected chi connectivity index (χ4v) is 5.80. The first-order valence-corrected chi connectivity index (χ1v) is 12.7. The summed E-state index contributed by atoms with van der Waals surface area (Å²) in [5.41, 5.74) is 2.83. The van der Waals surface area contributed by atoms with Gasteiger partial charge in [0.15, 0.2) is 0 Å². The second kappa shape index (κ2) is 9.08. The Morgan fingerprint density at radius 1 is 1.00 bits per heavy atom. The van der Waals surface area contributed by atoms with Crippen molar-refractivity contribution in [2.75, 3.05) is 6.61 Å². The first kappa shape index (κ1) is 22.4. The van der Waals surface area contributed by atoms with Crippen molar-refractivity contribution in [3.8, 4) is 5.75 Å². The summed E-state index contributed by atoms with van der Waals surface area (Å²) < 4.78 is 34.1. The Labute approximate surface area is 203 Å². The fraction of sp³-hybridized carbons (Fsp3) is 0.154. The van der Waals surface area contributed by atoms with E-state index in [-0.39, 0.29) is 10.0 Å². The summed E-state index contributed by atoms with van der Waals surface area (Å²) in [6.45, 7) is 2.46. The number of sulfonamides is 1. The summed E-state index contributed by atoms with van der Waals surface area (Å²) in [5, 5.41) is 5.65. The molecule has 0 N–H and O–H groups in total. The van der Waals surface area contributed by atoms with E-state index in [1.807, 2.05) is 61.5 Å².